The summed E-state index contributed by atoms with van der Waals surface area (Å²) < 4.78 is 40.6. The third kappa shape index (κ3) is 6.51. The van der Waals surface area contributed by atoms with E-state index in [1.807, 2.05) is 12.2 Å². The second-order valence-electron chi connectivity index (χ2n) is 10.3. The maximum atomic E-state index is 13.4. The molecule has 0 unspecified atom stereocenters. The first-order valence-electron chi connectivity index (χ1n) is 13.0. The quantitative estimate of drug-likeness (QED) is 0.479. The molecule has 1 aliphatic heterocycles. The average molecular weight is 535 g/mol. The molecule has 2 aliphatic rings. The largest absolute Gasteiger partial charge is 0.408 e. The smallest absolute Gasteiger partial charge is 0.344 e. The fraction of sp³-hybridized carbons (Fsp3) is 0.577. The number of pyridine rings is 1. The molecule has 0 bridgehead atoms. The molecule has 38 heavy (non-hydrogen) atoms. The number of halogens is 3. The number of rotatable bonds is 8. The van der Waals surface area contributed by atoms with E-state index < -0.39 is 41.9 Å². The van der Waals surface area contributed by atoms with Gasteiger partial charge < -0.3 is 16.0 Å². The fourth-order valence-corrected chi connectivity index (χ4v) is 5.30. The Kier molecular flexibility index (Phi) is 8.37. The van der Waals surface area contributed by atoms with Crippen molar-refractivity contribution < 1.29 is 27.6 Å². The summed E-state index contributed by atoms with van der Waals surface area (Å²) in [5.74, 6) is -1.58. The van der Waals surface area contributed by atoms with Crippen molar-refractivity contribution in [2.45, 2.75) is 77.2 Å². The lowest BCUT2D eigenvalue weighted by molar-refractivity contribution is -0.154. The third-order valence-corrected chi connectivity index (χ3v) is 7.51. The van der Waals surface area contributed by atoms with Crippen molar-refractivity contribution in [2.24, 2.45) is 17.8 Å². The van der Waals surface area contributed by atoms with Crippen LogP contribution >= 0.6 is 0 Å². The van der Waals surface area contributed by atoms with Crippen LogP contribution in [0.5, 0.6) is 0 Å². The van der Waals surface area contributed by atoms with Gasteiger partial charge in [-0.05, 0) is 68.2 Å². The van der Waals surface area contributed by atoms with Gasteiger partial charge in [0, 0.05) is 24.9 Å². The molecule has 3 N–H and O–H groups in total. The molecule has 0 aromatic carbocycles. The second-order valence-corrected chi connectivity index (χ2v) is 10.3. The van der Waals surface area contributed by atoms with Crippen molar-refractivity contribution in [3.8, 4) is 0 Å². The van der Waals surface area contributed by atoms with Gasteiger partial charge in [-0.3, -0.25) is 19.1 Å². The number of carbonyl (C=O) groups excluding carboxylic acids is 3. The second kappa shape index (κ2) is 11.5. The van der Waals surface area contributed by atoms with Crippen molar-refractivity contribution in [1.82, 2.24) is 25.4 Å². The summed E-state index contributed by atoms with van der Waals surface area (Å²) in [7, 11) is 0. The highest BCUT2D eigenvalue weighted by Crippen LogP contribution is 2.32. The van der Waals surface area contributed by atoms with Crippen molar-refractivity contribution in [3.63, 3.8) is 0 Å². The highest BCUT2D eigenvalue weighted by molar-refractivity contribution is 6.00. The minimum absolute atomic E-state index is 0.0576. The normalized spacial score (nSPS) is 24.5. The summed E-state index contributed by atoms with van der Waals surface area (Å²) in [5, 5.41) is 11.8. The first-order chi connectivity index (χ1) is 18.0. The molecule has 12 heteroatoms. The molecular formula is C26H33F3N6O3. The van der Waals surface area contributed by atoms with E-state index in [9.17, 15) is 27.6 Å². The summed E-state index contributed by atoms with van der Waals surface area (Å²) in [5.41, 5.74) is 0.943. The van der Waals surface area contributed by atoms with E-state index in [0.717, 1.165) is 25.7 Å². The van der Waals surface area contributed by atoms with Gasteiger partial charge in [-0.2, -0.15) is 18.3 Å². The summed E-state index contributed by atoms with van der Waals surface area (Å²) >= 11 is 0. The van der Waals surface area contributed by atoms with Crippen LogP contribution < -0.4 is 16.0 Å². The first kappa shape index (κ1) is 27.6. The Labute approximate surface area is 219 Å². The van der Waals surface area contributed by atoms with E-state index in [1.54, 1.807) is 22.9 Å². The molecular weight excluding hydrogens is 501 g/mol. The van der Waals surface area contributed by atoms with Gasteiger partial charge in [-0.1, -0.05) is 19.8 Å². The Morgan fingerprint density at radius 3 is 2.58 bits per heavy atom. The van der Waals surface area contributed by atoms with E-state index in [4.69, 9.17) is 0 Å². The first-order valence-corrected chi connectivity index (χ1v) is 13.0. The van der Waals surface area contributed by atoms with Crippen LogP contribution in [0.2, 0.25) is 0 Å². The molecule has 2 aromatic rings. The third-order valence-electron chi connectivity index (χ3n) is 7.51. The Hall–Kier alpha value is -3.44. The number of anilines is 1. The fourth-order valence-electron chi connectivity index (χ4n) is 5.30. The molecule has 206 valence electrons. The molecule has 2 fully saturated rings. The van der Waals surface area contributed by atoms with Gasteiger partial charge in [0.25, 0.3) is 5.91 Å². The number of hydrogen-bond acceptors (Lipinski definition) is 5. The summed E-state index contributed by atoms with van der Waals surface area (Å²) in [6.07, 6.45) is 1.71. The SMILES string of the molecule is CCn1nccc1C(=O)N[C@H](C(=O)Nc1cc(C[C@@H]2C[C@@H](C(F)(F)F)NC2=O)ccn1)C1CCC(C)CC1. The molecule has 0 spiro atoms. The molecule has 9 nitrogen and oxygen atoms in total. The monoisotopic (exact) mass is 534 g/mol. The van der Waals surface area contributed by atoms with Crippen LogP contribution in [0.1, 0.15) is 62.0 Å². The lowest BCUT2D eigenvalue weighted by atomic mass is 9.79. The molecule has 0 radical (unpaired) electrons. The molecule has 1 saturated carbocycles. The molecule has 2 aromatic heterocycles. The van der Waals surface area contributed by atoms with Gasteiger partial charge in [0.1, 0.15) is 23.6 Å². The number of nitrogens with one attached hydrogen (secondary N) is 3. The van der Waals surface area contributed by atoms with Crippen LogP contribution in [0.25, 0.3) is 0 Å². The Bertz CT molecular complexity index is 1160. The lowest BCUT2D eigenvalue weighted by Gasteiger charge is -2.32. The van der Waals surface area contributed by atoms with Crippen LogP contribution in [0.4, 0.5) is 19.0 Å². The Morgan fingerprint density at radius 1 is 1.18 bits per heavy atom. The minimum Gasteiger partial charge on any atom is -0.344 e. The van der Waals surface area contributed by atoms with Crippen LogP contribution in [0.15, 0.2) is 30.6 Å². The van der Waals surface area contributed by atoms with E-state index in [2.05, 4.69) is 27.6 Å². The number of aromatic nitrogens is 3. The van der Waals surface area contributed by atoms with Gasteiger partial charge in [-0.15, -0.1) is 0 Å². The van der Waals surface area contributed by atoms with Gasteiger partial charge in [0.05, 0.1) is 0 Å². The van der Waals surface area contributed by atoms with E-state index in [1.165, 1.54) is 12.4 Å². The van der Waals surface area contributed by atoms with Crippen molar-refractivity contribution in [1.29, 1.82) is 0 Å². The number of aryl methyl sites for hydroxylation is 1. The predicted molar refractivity (Wildman–Crippen MR) is 133 cm³/mol. The number of nitrogens with zero attached hydrogens (tertiary/aromatic N) is 3. The molecule has 1 saturated heterocycles. The Morgan fingerprint density at radius 2 is 1.92 bits per heavy atom. The molecule has 3 heterocycles. The maximum Gasteiger partial charge on any atom is 0.408 e. The van der Waals surface area contributed by atoms with Gasteiger partial charge in [-0.25, -0.2) is 4.98 Å². The average Bonchev–Trinajstić information content (AvgIpc) is 3.50. The van der Waals surface area contributed by atoms with Crippen molar-refractivity contribution in [2.75, 3.05) is 5.32 Å². The number of amides is 3. The zero-order chi connectivity index (χ0) is 27.4. The summed E-state index contributed by atoms with van der Waals surface area (Å²) in [6, 6.07) is 2.11. The van der Waals surface area contributed by atoms with Crippen LogP contribution in [-0.4, -0.2) is 50.7 Å². The lowest BCUT2D eigenvalue weighted by Crippen LogP contribution is -2.49. The van der Waals surface area contributed by atoms with E-state index in [-0.39, 0.29) is 24.6 Å². The minimum atomic E-state index is -4.49. The highest BCUT2D eigenvalue weighted by atomic mass is 19.4. The molecule has 3 amide bonds. The topological polar surface area (TPSA) is 118 Å². The highest BCUT2D eigenvalue weighted by Gasteiger charge is 2.47. The number of alkyl halides is 3. The zero-order valence-electron chi connectivity index (χ0n) is 21.4. The van der Waals surface area contributed by atoms with E-state index >= 15 is 0 Å². The summed E-state index contributed by atoms with van der Waals surface area (Å²) in [6.45, 7) is 4.54. The van der Waals surface area contributed by atoms with Gasteiger partial charge >= 0.3 is 6.18 Å². The van der Waals surface area contributed by atoms with E-state index in [0.29, 0.717) is 23.7 Å². The molecule has 4 rings (SSSR count). The standard InChI is InChI=1S/C26H33F3N6O3/c1-3-35-19(9-11-31-35)24(37)34-22(17-6-4-15(2)5-7-17)25(38)33-21-13-16(8-10-30-21)12-18-14-20(26(27,28)29)32-23(18)36/h8-11,13,15,17-18,20,22H,3-7,12,14H2,1-2H3,(H,32,36)(H,34,37)(H,30,33,38)/t15?,17?,18-,20+,22+/m1/s1. The van der Waals surface area contributed by atoms with Crippen molar-refractivity contribution >= 4 is 23.5 Å². The van der Waals surface area contributed by atoms with Gasteiger partial charge in [0.2, 0.25) is 11.8 Å². The number of carbonyl (C=O) groups is 3. The number of hydrogen-bond donors (Lipinski definition) is 3. The van der Waals surface area contributed by atoms with Gasteiger partial charge in [0.15, 0.2) is 0 Å². The van der Waals surface area contributed by atoms with Crippen molar-refractivity contribution in [3.05, 3.63) is 41.9 Å². The predicted octanol–water partition coefficient (Wildman–Crippen LogP) is 3.47. The maximum absolute atomic E-state index is 13.4. The molecule has 3 atom stereocenters. The van der Waals surface area contributed by atoms with Crippen LogP contribution in [-0.2, 0) is 22.6 Å². The zero-order valence-corrected chi connectivity index (χ0v) is 21.4. The molecule has 1 aliphatic carbocycles. The summed E-state index contributed by atoms with van der Waals surface area (Å²) in [4.78, 5) is 42.8. The Balaban J connectivity index is 1.46. The van der Waals surface area contributed by atoms with Crippen LogP contribution in [0, 0.1) is 17.8 Å². The van der Waals surface area contributed by atoms with Crippen LogP contribution in [0.3, 0.4) is 0 Å².